The zero-order valence-corrected chi connectivity index (χ0v) is 18.2. The number of rotatable bonds is 10. The van der Waals surface area contributed by atoms with Gasteiger partial charge in [-0.3, -0.25) is 9.59 Å². The van der Waals surface area contributed by atoms with Crippen molar-refractivity contribution in [2.45, 2.75) is 32.7 Å². The smallest absolute Gasteiger partial charge is 0.261 e. The van der Waals surface area contributed by atoms with E-state index in [9.17, 15) is 9.59 Å². The van der Waals surface area contributed by atoms with Crippen LogP contribution < -0.4 is 10.1 Å². The van der Waals surface area contributed by atoms with E-state index in [1.54, 1.807) is 11.8 Å². The molecule has 0 aliphatic rings. The number of carbonyl (C=O) groups excluding carboxylic acids is 2. The molecule has 0 fully saturated rings. The third-order valence-electron chi connectivity index (χ3n) is 5.30. The summed E-state index contributed by atoms with van der Waals surface area (Å²) in [5, 5.41) is 4.91. The predicted molar refractivity (Wildman–Crippen MR) is 124 cm³/mol. The second-order valence-corrected chi connectivity index (χ2v) is 7.56. The summed E-state index contributed by atoms with van der Waals surface area (Å²) in [7, 11) is 0. The van der Waals surface area contributed by atoms with Crippen LogP contribution in [0.2, 0.25) is 0 Å². The van der Waals surface area contributed by atoms with Gasteiger partial charge in [-0.15, -0.1) is 0 Å². The minimum atomic E-state index is -0.570. The molecule has 0 unspecified atom stereocenters. The first kappa shape index (κ1) is 22.3. The number of hydrogen-bond acceptors (Lipinski definition) is 3. The van der Waals surface area contributed by atoms with Crippen LogP contribution in [0.1, 0.15) is 25.8 Å². The molecule has 5 heteroatoms. The predicted octanol–water partition coefficient (Wildman–Crippen LogP) is 4.20. The number of nitrogens with zero attached hydrogens (tertiary/aromatic N) is 1. The summed E-state index contributed by atoms with van der Waals surface area (Å²) in [5.41, 5.74) is 1.12. The zero-order valence-electron chi connectivity index (χ0n) is 18.2. The zero-order chi connectivity index (χ0) is 22.1. The van der Waals surface area contributed by atoms with E-state index in [0.717, 1.165) is 22.8 Å². The number of nitrogens with one attached hydrogen (secondary N) is 1. The van der Waals surface area contributed by atoms with Gasteiger partial charge in [-0.2, -0.15) is 0 Å². The Balaban J connectivity index is 1.71. The van der Waals surface area contributed by atoms with Crippen LogP contribution in [0.4, 0.5) is 0 Å². The minimum absolute atomic E-state index is 0.117. The van der Waals surface area contributed by atoms with Gasteiger partial charge in [0.15, 0.2) is 6.61 Å². The highest BCUT2D eigenvalue weighted by Crippen LogP contribution is 2.25. The van der Waals surface area contributed by atoms with Crippen molar-refractivity contribution in [2.75, 3.05) is 19.7 Å². The normalized spacial score (nSPS) is 11.7. The molecule has 0 saturated heterocycles. The number of hydrogen-bond donors (Lipinski definition) is 1. The molecule has 3 rings (SSSR count). The Morgan fingerprint density at radius 2 is 1.68 bits per heavy atom. The average molecular weight is 419 g/mol. The summed E-state index contributed by atoms with van der Waals surface area (Å²) >= 11 is 0. The molecule has 31 heavy (non-hydrogen) atoms. The highest BCUT2D eigenvalue weighted by atomic mass is 16.5. The van der Waals surface area contributed by atoms with Gasteiger partial charge in [0.2, 0.25) is 5.91 Å². The van der Waals surface area contributed by atoms with E-state index in [0.29, 0.717) is 25.3 Å². The quantitative estimate of drug-likeness (QED) is 0.537. The van der Waals surface area contributed by atoms with Crippen molar-refractivity contribution in [3.05, 3.63) is 78.4 Å². The lowest BCUT2D eigenvalue weighted by Crippen LogP contribution is -2.50. The number of ether oxygens (including phenoxy) is 1. The van der Waals surface area contributed by atoms with Crippen molar-refractivity contribution in [1.82, 2.24) is 10.2 Å². The maximum atomic E-state index is 13.1. The summed E-state index contributed by atoms with van der Waals surface area (Å²) < 4.78 is 5.90. The molecule has 0 heterocycles. The molecular formula is C26H30N2O3. The molecular weight excluding hydrogens is 388 g/mol. The Kier molecular flexibility index (Phi) is 8.05. The molecule has 0 aliphatic carbocycles. The van der Waals surface area contributed by atoms with Crippen molar-refractivity contribution in [2.24, 2.45) is 0 Å². The van der Waals surface area contributed by atoms with Crippen LogP contribution in [0.25, 0.3) is 10.8 Å². The van der Waals surface area contributed by atoms with E-state index < -0.39 is 6.04 Å². The van der Waals surface area contributed by atoms with E-state index >= 15 is 0 Å². The van der Waals surface area contributed by atoms with Crippen molar-refractivity contribution < 1.29 is 14.3 Å². The first-order valence-electron chi connectivity index (χ1n) is 10.8. The first-order chi connectivity index (χ1) is 15.1. The topological polar surface area (TPSA) is 58.6 Å². The number of benzene rings is 3. The van der Waals surface area contributed by atoms with Crippen LogP contribution in [0.15, 0.2) is 72.8 Å². The molecule has 0 spiro atoms. The van der Waals surface area contributed by atoms with Crippen molar-refractivity contribution >= 4 is 22.6 Å². The van der Waals surface area contributed by atoms with Gasteiger partial charge in [0, 0.05) is 18.5 Å². The van der Waals surface area contributed by atoms with Crippen LogP contribution in [-0.2, 0) is 16.0 Å². The van der Waals surface area contributed by atoms with Gasteiger partial charge < -0.3 is 15.0 Å². The second kappa shape index (κ2) is 11.2. The van der Waals surface area contributed by atoms with Gasteiger partial charge in [-0.1, -0.05) is 73.7 Å². The third kappa shape index (κ3) is 6.07. The van der Waals surface area contributed by atoms with Crippen molar-refractivity contribution in [3.63, 3.8) is 0 Å². The molecule has 2 amide bonds. The highest BCUT2D eigenvalue weighted by molar-refractivity contribution is 5.90. The van der Waals surface area contributed by atoms with E-state index in [1.807, 2.05) is 79.7 Å². The summed E-state index contributed by atoms with van der Waals surface area (Å²) in [6, 6.07) is 23.1. The fourth-order valence-electron chi connectivity index (χ4n) is 3.51. The standard InChI is InChI=1S/C26H30N2O3/c1-3-17-27-26(30)20(2)28(18-16-21-10-5-4-6-11-21)25(29)19-31-24-15-9-13-22-12-7-8-14-23(22)24/h4-15,20H,3,16-19H2,1-2H3,(H,27,30)/t20-/m1/s1. The molecule has 0 radical (unpaired) electrons. The largest absolute Gasteiger partial charge is 0.483 e. The van der Waals surface area contributed by atoms with Crippen LogP contribution in [0.5, 0.6) is 5.75 Å². The SMILES string of the molecule is CCCNC(=O)[C@@H](C)N(CCc1ccccc1)C(=O)COc1cccc2ccccc12. The summed E-state index contributed by atoms with van der Waals surface area (Å²) in [6.45, 7) is 4.69. The van der Waals surface area contributed by atoms with E-state index in [2.05, 4.69) is 5.32 Å². The molecule has 1 N–H and O–H groups in total. The number of carbonyl (C=O) groups is 2. The Hall–Kier alpha value is -3.34. The van der Waals surface area contributed by atoms with Crippen LogP contribution in [0, 0.1) is 0 Å². The Bertz CT molecular complexity index is 998. The third-order valence-corrected chi connectivity index (χ3v) is 5.30. The fraction of sp³-hybridized carbons (Fsp3) is 0.308. The van der Waals surface area contributed by atoms with E-state index in [4.69, 9.17) is 4.74 Å². The van der Waals surface area contributed by atoms with Crippen molar-refractivity contribution in [3.8, 4) is 5.75 Å². The maximum absolute atomic E-state index is 13.1. The van der Waals surface area contributed by atoms with Gasteiger partial charge in [-0.05, 0) is 36.8 Å². The molecule has 0 aromatic heterocycles. The van der Waals surface area contributed by atoms with Gasteiger partial charge in [0.05, 0.1) is 0 Å². The Morgan fingerprint density at radius 1 is 0.968 bits per heavy atom. The molecule has 0 saturated carbocycles. The van der Waals surface area contributed by atoms with E-state index in [-0.39, 0.29) is 18.4 Å². The molecule has 3 aromatic rings. The van der Waals surface area contributed by atoms with Gasteiger partial charge in [0.25, 0.3) is 5.91 Å². The molecule has 1 atom stereocenters. The summed E-state index contributed by atoms with van der Waals surface area (Å²) in [4.78, 5) is 27.3. The molecule has 3 aromatic carbocycles. The lowest BCUT2D eigenvalue weighted by atomic mass is 10.1. The first-order valence-corrected chi connectivity index (χ1v) is 10.8. The molecule has 5 nitrogen and oxygen atoms in total. The van der Waals surface area contributed by atoms with Crippen LogP contribution in [-0.4, -0.2) is 42.5 Å². The van der Waals surface area contributed by atoms with Crippen LogP contribution >= 0.6 is 0 Å². The number of fused-ring (bicyclic) bond motifs is 1. The molecule has 162 valence electrons. The monoisotopic (exact) mass is 418 g/mol. The summed E-state index contributed by atoms with van der Waals surface area (Å²) in [6.07, 6.45) is 1.52. The van der Waals surface area contributed by atoms with Gasteiger partial charge >= 0.3 is 0 Å². The highest BCUT2D eigenvalue weighted by Gasteiger charge is 2.26. The average Bonchev–Trinajstić information content (AvgIpc) is 2.81. The van der Waals surface area contributed by atoms with Gasteiger partial charge in [-0.25, -0.2) is 0 Å². The maximum Gasteiger partial charge on any atom is 0.261 e. The second-order valence-electron chi connectivity index (χ2n) is 7.56. The van der Waals surface area contributed by atoms with Crippen LogP contribution in [0.3, 0.4) is 0 Å². The van der Waals surface area contributed by atoms with Gasteiger partial charge in [0.1, 0.15) is 11.8 Å². The molecule has 0 aliphatic heterocycles. The minimum Gasteiger partial charge on any atom is -0.483 e. The fourth-order valence-corrected chi connectivity index (χ4v) is 3.51. The summed E-state index contributed by atoms with van der Waals surface area (Å²) in [5.74, 6) is 0.314. The molecule has 0 bridgehead atoms. The number of amides is 2. The Morgan fingerprint density at radius 3 is 2.45 bits per heavy atom. The van der Waals surface area contributed by atoms with E-state index in [1.165, 1.54) is 0 Å². The van der Waals surface area contributed by atoms with Crippen molar-refractivity contribution in [1.29, 1.82) is 0 Å². The lowest BCUT2D eigenvalue weighted by Gasteiger charge is -2.28. The Labute approximate surface area is 184 Å². The lowest BCUT2D eigenvalue weighted by molar-refractivity contribution is -0.141.